The second-order valence-corrected chi connectivity index (χ2v) is 8.91. The van der Waals surface area contributed by atoms with Crippen molar-refractivity contribution < 1.29 is 19.6 Å². The predicted molar refractivity (Wildman–Crippen MR) is 114 cm³/mol. The fourth-order valence-corrected chi connectivity index (χ4v) is 5.27. The Morgan fingerprint density at radius 2 is 1.45 bits per heavy atom. The number of carbonyl (C=O) groups excluding carboxylic acids is 3. The molecule has 0 saturated carbocycles. The van der Waals surface area contributed by atoms with Crippen molar-refractivity contribution in [1.82, 2.24) is 20.2 Å². The van der Waals surface area contributed by atoms with E-state index in [1.165, 1.54) is 5.56 Å². The zero-order chi connectivity index (χ0) is 21.8. The third-order valence-corrected chi connectivity index (χ3v) is 7.10. The van der Waals surface area contributed by atoms with Gasteiger partial charge in [0.25, 0.3) is 0 Å². The summed E-state index contributed by atoms with van der Waals surface area (Å²) in [4.78, 5) is 43.8. The highest BCUT2D eigenvalue weighted by Gasteiger charge is 2.43. The van der Waals surface area contributed by atoms with Gasteiger partial charge in [-0.05, 0) is 43.6 Å². The Bertz CT molecular complexity index is 788. The third-order valence-electron chi connectivity index (χ3n) is 7.10. The van der Waals surface area contributed by atoms with Crippen LogP contribution in [0.1, 0.15) is 43.6 Å². The van der Waals surface area contributed by atoms with Crippen molar-refractivity contribution in [3.63, 3.8) is 0 Å². The second kappa shape index (κ2) is 9.68. The lowest BCUT2D eigenvalue weighted by molar-refractivity contribution is -0.148. The van der Waals surface area contributed by atoms with E-state index in [9.17, 15) is 19.6 Å². The summed E-state index contributed by atoms with van der Waals surface area (Å²) in [6, 6.07) is 10.3. The fourth-order valence-electron chi connectivity index (χ4n) is 5.27. The number of hydrogen-bond donors (Lipinski definition) is 2. The molecule has 31 heavy (non-hydrogen) atoms. The standard InChI is InChI=1S/C23H32N4O4/c28-21(24-31)20-16-27(23(30)26-11-4-5-12-26)15-10-19(20)22(29)25-13-8-18(9-14-25)17-6-2-1-3-7-17/h1-3,6-7,18-20,31H,4-5,8-16H2,(H,24,28)/t19-,20-/m0/s1. The minimum Gasteiger partial charge on any atom is -0.342 e. The lowest BCUT2D eigenvalue weighted by atomic mass is 9.82. The molecule has 168 valence electrons. The molecule has 0 aromatic heterocycles. The molecular weight excluding hydrogens is 396 g/mol. The van der Waals surface area contributed by atoms with Gasteiger partial charge in [-0.2, -0.15) is 0 Å². The Balaban J connectivity index is 1.39. The lowest BCUT2D eigenvalue weighted by Crippen LogP contribution is -2.56. The first-order chi connectivity index (χ1) is 15.1. The van der Waals surface area contributed by atoms with E-state index in [0.717, 1.165) is 38.8 Å². The van der Waals surface area contributed by atoms with Gasteiger partial charge in [-0.15, -0.1) is 0 Å². The summed E-state index contributed by atoms with van der Waals surface area (Å²) in [6.45, 7) is 3.44. The molecule has 8 heteroatoms. The van der Waals surface area contributed by atoms with E-state index in [1.54, 1.807) is 10.4 Å². The van der Waals surface area contributed by atoms with Crippen LogP contribution >= 0.6 is 0 Å². The van der Waals surface area contributed by atoms with Crippen LogP contribution in [0.5, 0.6) is 0 Å². The molecule has 1 aromatic carbocycles. The summed E-state index contributed by atoms with van der Waals surface area (Å²) >= 11 is 0. The van der Waals surface area contributed by atoms with Gasteiger partial charge in [0.15, 0.2) is 0 Å². The lowest BCUT2D eigenvalue weighted by Gasteiger charge is -2.41. The van der Waals surface area contributed by atoms with Gasteiger partial charge in [0, 0.05) is 39.3 Å². The Kier molecular flexibility index (Phi) is 6.75. The van der Waals surface area contributed by atoms with Crippen LogP contribution in [-0.4, -0.2) is 77.0 Å². The molecular formula is C23H32N4O4. The maximum Gasteiger partial charge on any atom is 0.320 e. The number of nitrogens with zero attached hydrogens (tertiary/aromatic N) is 3. The molecule has 3 fully saturated rings. The van der Waals surface area contributed by atoms with Crippen molar-refractivity contribution in [1.29, 1.82) is 0 Å². The second-order valence-electron chi connectivity index (χ2n) is 8.91. The highest BCUT2D eigenvalue weighted by molar-refractivity contribution is 5.88. The average Bonchev–Trinajstić information content (AvgIpc) is 3.38. The van der Waals surface area contributed by atoms with E-state index in [1.807, 2.05) is 28.0 Å². The van der Waals surface area contributed by atoms with Gasteiger partial charge in [-0.25, -0.2) is 10.3 Å². The van der Waals surface area contributed by atoms with Crippen LogP contribution in [0.15, 0.2) is 30.3 Å². The summed E-state index contributed by atoms with van der Waals surface area (Å²) in [5.74, 6) is -1.42. The van der Waals surface area contributed by atoms with Crippen LogP contribution in [0.3, 0.4) is 0 Å². The SMILES string of the molecule is O=C(NO)[C@H]1CN(C(=O)N2CCCC2)CC[C@@H]1C(=O)N1CCC(c2ccccc2)CC1. The van der Waals surface area contributed by atoms with Crippen molar-refractivity contribution in [2.24, 2.45) is 11.8 Å². The fraction of sp³-hybridized carbons (Fsp3) is 0.609. The molecule has 0 aliphatic carbocycles. The maximum absolute atomic E-state index is 13.3. The van der Waals surface area contributed by atoms with E-state index >= 15 is 0 Å². The first kappa shape index (κ1) is 21.6. The smallest absolute Gasteiger partial charge is 0.320 e. The van der Waals surface area contributed by atoms with Crippen molar-refractivity contribution in [3.05, 3.63) is 35.9 Å². The van der Waals surface area contributed by atoms with E-state index in [0.29, 0.717) is 32.0 Å². The molecule has 3 aliphatic rings. The Morgan fingerprint density at radius 1 is 0.806 bits per heavy atom. The molecule has 3 saturated heterocycles. The van der Waals surface area contributed by atoms with E-state index in [-0.39, 0.29) is 18.5 Å². The van der Waals surface area contributed by atoms with Crippen LogP contribution in [-0.2, 0) is 9.59 Å². The molecule has 0 radical (unpaired) electrons. The largest absolute Gasteiger partial charge is 0.342 e. The summed E-state index contributed by atoms with van der Waals surface area (Å²) in [6.07, 6.45) is 4.24. The molecule has 8 nitrogen and oxygen atoms in total. The minimum atomic E-state index is -0.732. The number of rotatable bonds is 3. The summed E-state index contributed by atoms with van der Waals surface area (Å²) in [7, 11) is 0. The Hall–Kier alpha value is -2.61. The topological polar surface area (TPSA) is 93.2 Å². The number of nitrogens with one attached hydrogen (secondary N) is 1. The number of hydroxylamine groups is 1. The van der Waals surface area contributed by atoms with Gasteiger partial charge in [0.1, 0.15) is 0 Å². The molecule has 4 rings (SSSR count). The quantitative estimate of drug-likeness (QED) is 0.569. The third kappa shape index (κ3) is 4.69. The van der Waals surface area contributed by atoms with Gasteiger partial charge in [0.05, 0.1) is 11.8 Å². The molecule has 3 aliphatic heterocycles. The monoisotopic (exact) mass is 428 g/mol. The van der Waals surface area contributed by atoms with Crippen molar-refractivity contribution in [3.8, 4) is 0 Å². The van der Waals surface area contributed by atoms with Gasteiger partial charge in [0.2, 0.25) is 11.8 Å². The molecule has 0 spiro atoms. The molecule has 0 bridgehead atoms. The number of amides is 4. The van der Waals surface area contributed by atoms with Gasteiger partial charge in [-0.3, -0.25) is 14.8 Å². The molecule has 2 atom stereocenters. The zero-order valence-electron chi connectivity index (χ0n) is 17.9. The first-order valence-corrected chi connectivity index (χ1v) is 11.4. The van der Waals surface area contributed by atoms with Crippen LogP contribution in [0.2, 0.25) is 0 Å². The number of urea groups is 1. The van der Waals surface area contributed by atoms with Crippen LogP contribution < -0.4 is 5.48 Å². The van der Waals surface area contributed by atoms with Crippen LogP contribution in [0.25, 0.3) is 0 Å². The zero-order valence-corrected chi connectivity index (χ0v) is 17.9. The van der Waals surface area contributed by atoms with Crippen LogP contribution in [0, 0.1) is 11.8 Å². The van der Waals surface area contributed by atoms with Crippen molar-refractivity contribution in [2.45, 2.75) is 38.0 Å². The molecule has 3 heterocycles. The Morgan fingerprint density at radius 3 is 2.10 bits per heavy atom. The Labute approximate surface area is 183 Å². The molecule has 2 N–H and O–H groups in total. The molecule has 4 amide bonds. The van der Waals surface area contributed by atoms with Gasteiger partial charge >= 0.3 is 6.03 Å². The summed E-state index contributed by atoms with van der Waals surface area (Å²) in [5, 5.41) is 9.26. The predicted octanol–water partition coefficient (Wildman–Crippen LogP) is 2.05. The summed E-state index contributed by atoms with van der Waals surface area (Å²) in [5.41, 5.74) is 3.03. The maximum atomic E-state index is 13.3. The number of hydrogen-bond acceptors (Lipinski definition) is 4. The first-order valence-electron chi connectivity index (χ1n) is 11.4. The van der Waals surface area contributed by atoms with Crippen molar-refractivity contribution >= 4 is 17.8 Å². The highest BCUT2D eigenvalue weighted by Crippen LogP contribution is 2.32. The number of piperidine rings is 2. The highest BCUT2D eigenvalue weighted by atomic mass is 16.5. The van der Waals surface area contributed by atoms with Gasteiger partial charge < -0.3 is 14.7 Å². The number of benzene rings is 1. The summed E-state index contributed by atoms with van der Waals surface area (Å²) < 4.78 is 0. The normalized spacial score (nSPS) is 24.9. The molecule has 0 unspecified atom stereocenters. The average molecular weight is 429 g/mol. The van der Waals surface area contributed by atoms with Crippen molar-refractivity contribution in [2.75, 3.05) is 39.3 Å². The van der Waals surface area contributed by atoms with Gasteiger partial charge in [-0.1, -0.05) is 30.3 Å². The van der Waals surface area contributed by atoms with Crippen LogP contribution in [0.4, 0.5) is 4.79 Å². The molecule has 1 aromatic rings. The van der Waals surface area contributed by atoms with E-state index in [4.69, 9.17) is 0 Å². The van der Waals surface area contributed by atoms with E-state index in [2.05, 4.69) is 12.1 Å². The number of carbonyl (C=O) groups is 3. The number of likely N-dealkylation sites (tertiary alicyclic amines) is 3. The van der Waals surface area contributed by atoms with E-state index < -0.39 is 17.7 Å². The minimum absolute atomic E-state index is 0.0339.